The minimum Gasteiger partial charge on any atom is -0.508 e. The summed E-state index contributed by atoms with van der Waals surface area (Å²) in [6, 6.07) is 17.2. The van der Waals surface area contributed by atoms with Crippen molar-refractivity contribution in [2.45, 2.75) is 82.7 Å². The first-order valence-corrected chi connectivity index (χ1v) is 19.9. The number of hydrogen-bond acceptors (Lipinski definition) is 7. The van der Waals surface area contributed by atoms with Gasteiger partial charge in [-0.1, -0.05) is 25.0 Å². The molecule has 4 aliphatic heterocycles. The molecule has 3 aromatic rings. The molecule has 2 atom stereocenters. The maximum absolute atomic E-state index is 16.0. The van der Waals surface area contributed by atoms with E-state index in [1.54, 1.807) is 11.0 Å². The summed E-state index contributed by atoms with van der Waals surface area (Å²) in [5, 5.41) is 12.6. The highest BCUT2D eigenvalue weighted by atomic mass is 19.1. The van der Waals surface area contributed by atoms with Gasteiger partial charge in [0.25, 0.3) is 5.91 Å². The van der Waals surface area contributed by atoms with Crippen LogP contribution in [0.1, 0.15) is 96.3 Å². The van der Waals surface area contributed by atoms with Crippen LogP contribution in [0.3, 0.4) is 0 Å². The van der Waals surface area contributed by atoms with Crippen molar-refractivity contribution < 1.29 is 23.9 Å². The molecule has 3 amide bonds. The fourth-order valence-corrected chi connectivity index (χ4v) is 10.7. The zero-order chi connectivity index (χ0) is 36.3. The number of phenolic OH excluding ortho intramolecular Hbond substituents is 1. The SMILES string of the molecule is O=C1CC[C@@H](N2Cc3cc(N4CCN(CC5CCN(c6ccc([C@@H]7c8ccc(O)cc8CCC78CCCC8)cc6F)CC5)CC4)ccc3C2=O)C(=O)N1. The second-order valence-electron chi connectivity index (χ2n) is 16.6. The van der Waals surface area contributed by atoms with Gasteiger partial charge in [-0.2, -0.15) is 0 Å². The highest BCUT2D eigenvalue weighted by molar-refractivity contribution is 6.05. The van der Waals surface area contributed by atoms with Crippen molar-refractivity contribution in [3.63, 3.8) is 0 Å². The maximum Gasteiger partial charge on any atom is 0.255 e. The van der Waals surface area contributed by atoms with Crippen molar-refractivity contribution in [2.24, 2.45) is 11.3 Å². The number of fused-ring (bicyclic) bond motifs is 2. The molecule has 0 unspecified atom stereocenters. The monoisotopic (exact) mass is 719 g/mol. The molecule has 0 bridgehead atoms. The number of aryl methyl sites for hydroxylation is 1. The number of phenols is 1. The predicted octanol–water partition coefficient (Wildman–Crippen LogP) is 5.97. The number of benzene rings is 3. The summed E-state index contributed by atoms with van der Waals surface area (Å²) in [7, 11) is 0. The van der Waals surface area contributed by atoms with Crippen molar-refractivity contribution >= 4 is 29.1 Å². The number of nitrogens with one attached hydrogen (secondary N) is 1. The van der Waals surface area contributed by atoms with Gasteiger partial charge in [-0.25, -0.2) is 4.39 Å². The van der Waals surface area contributed by atoms with Crippen LogP contribution in [0.2, 0.25) is 0 Å². The Morgan fingerprint density at radius 3 is 2.34 bits per heavy atom. The molecule has 6 aliphatic rings. The van der Waals surface area contributed by atoms with Gasteiger partial charge in [0, 0.05) is 75.9 Å². The molecular weight excluding hydrogens is 670 g/mol. The number of anilines is 2. The molecule has 3 aromatic carbocycles. The third-order valence-electron chi connectivity index (χ3n) is 13.6. The van der Waals surface area contributed by atoms with Gasteiger partial charge in [-0.05, 0) is 121 Å². The second-order valence-corrected chi connectivity index (χ2v) is 16.6. The first-order valence-electron chi connectivity index (χ1n) is 19.9. The number of aromatic hydroxyl groups is 1. The molecule has 0 aromatic heterocycles. The van der Waals surface area contributed by atoms with E-state index in [0.717, 1.165) is 94.0 Å². The van der Waals surface area contributed by atoms with Gasteiger partial charge in [0.2, 0.25) is 11.8 Å². The third-order valence-corrected chi connectivity index (χ3v) is 13.6. The molecular formula is C43H50FN5O4. The van der Waals surface area contributed by atoms with E-state index in [2.05, 4.69) is 38.2 Å². The van der Waals surface area contributed by atoms with Gasteiger partial charge in [-0.15, -0.1) is 0 Å². The molecule has 9 rings (SSSR count). The molecule has 4 heterocycles. The van der Waals surface area contributed by atoms with Crippen LogP contribution in [0.5, 0.6) is 5.75 Å². The lowest BCUT2D eigenvalue weighted by atomic mass is 9.60. The van der Waals surface area contributed by atoms with E-state index in [1.165, 1.54) is 36.8 Å². The largest absolute Gasteiger partial charge is 0.508 e. The summed E-state index contributed by atoms with van der Waals surface area (Å²) < 4.78 is 16.0. The average Bonchev–Trinajstić information content (AvgIpc) is 3.76. The van der Waals surface area contributed by atoms with E-state index in [-0.39, 0.29) is 41.3 Å². The van der Waals surface area contributed by atoms with Crippen molar-refractivity contribution in [3.05, 3.63) is 88.2 Å². The van der Waals surface area contributed by atoms with E-state index in [9.17, 15) is 19.5 Å². The Kier molecular flexibility index (Phi) is 8.91. The number of carbonyl (C=O) groups is 3. The van der Waals surface area contributed by atoms with Crippen molar-refractivity contribution in [1.29, 1.82) is 0 Å². The van der Waals surface area contributed by atoms with E-state index in [1.807, 2.05) is 30.3 Å². The number of rotatable bonds is 6. The normalized spacial score (nSPS) is 24.8. The Balaban J connectivity index is 0.787. The van der Waals surface area contributed by atoms with Crippen molar-refractivity contribution in [2.75, 3.05) is 55.6 Å². The number of nitrogens with zero attached hydrogens (tertiary/aromatic N) is 4. The van der Waals surface area contributed by atoms with Gasteiger partial charge in [0.15, 0.2) is 0 Å². The number of carbonyl (C=O) groups excluding carboxylic acids is 3. The van der Waals surface area contributed by atoms with Gasteiger partial charge >= 0.3 is 0 Å². The van der Waals surface area contributed by atoms with E-state index >= 15 is 4.39 Å². The minimum atomic E-state index is -0.599. The minimum absolute atomic E-state index is 0.115. The number of amides is 3. The Morgan fingerprint density at radius 2 is 1.58 bits per heavy atom. The standard InChI is InChI=1S/C43H50FN5O4/c44-36-25-30(40-34-7-5-33(50)24-29(34)11-16-43(40)14-1-2-15-43)3-8-37(36)48-17-12-28(13-18-48)26-46-19-21-47(22-20-46)32-4-6-35-31(23-32)27-49(42(35)53)38-9-10-39(51)45-41(38)52/h3-8,23-25,28,38,40,50H,1-2,9-22,26-27H2,(H,45,51,52)/t38-,40-/m1/s1. The smallest absolute Gasteiger partial charge is 0.255 e. The van der Waals surface area contributed by atoms with E-state index in [0.29, 0.717) is 30.2 Å². The summed E-state index contributed by atoms with van der Waals surface area (Å²) >= 11 is 0. The Bertz CT molecular complexity index is 1930. The Labute approximate surface area is 311 Å². The fraction of sp³-hybridized carbons (Fsp3) is 0.512. The zero-order valence-corrected chi connectivity index (χ0v) is 30.5. The van der Waals surface area contributed by atoms with Gasteiger partial charge in [-0.3, -0.25) is 24.6 Å². The number of piperazine rings is 1. The Hall–Kier alpha value is -4.44. The average molecular weight is 720 g/mol. The number of piperidine rings is 2. The van der Waals surface area contributed by atoms with Crippen LogP contribution >= 0.6 is 0 Å². The lowest BCUT2D eigenvalue weighted by Gasteiger charge is -2.43. The van der Waals surface area contributed by atoms with Crippen LogP contribution in [0.15, 0.2) is 54.6 Å². The highest BCUT2D eigenvalue weighted by Gasteiger charge is 2.46. The van der Waals surface area contributed by atoms with Crippen LogP contribution in [-0.4, -0.2) is 84.5 Å². The highest BCUT2D eigenvalue weighted by Crippen LogP contribution is 2.58. The summed E-state index contributed by atoms with van der Waals surface area (Å²) in [6.45, 7) is 6.94. The van der Waals surface area contributed by atoms with Crippen LogP contribution in [0, 0.1) is 17.2 Å². The van der Waals surface area contributed by atoms with Crippen LogP contribution < -0.4 is 15.1 Å². The first kappa shape index (κ1) is 34.3. The summed E-state index contributed by atoms with van der Waals surface area (Å²) in [6.07, 6.45) is 9.65. The maximum atomic E-state index is 16.0. The topological polar surface area (TPSA) is 96.4 Å². The van der Waals surface area contributed by atoms with Crippen molar-refractivity contribution in [1.82, 2.24) is 15.1 Å². The quantitative estimate of drug-likeness (QED) is 0.304. The molecule has 2 N–H and O–H groups in total. The number of halogens is 1. The Morgan fingerprint density at radius 1 is 0.792 bits per heavy atom. The number of hydrogen-bond donors (Lipinski definition) is 2. The zero-order valence-electron chi connectivity index (χ0n) is 30.5. The molecule has 4 fully saturated rings. The van der Waals surface area contributed by atoms with Crippen molar-refractivity contribution in [3.8, 4) is 5.75 Å². The summed E-state index contributed by atoms with van der Waals surface area (Å²) in [5.74, 6) is 0.161. The summed E-state index contributed by atoms with van der Waals surface area (Å²) in [5.41, 5.74) is 7.16. The molecule has 3 saturated heterocycles. The molecule has 10 heteroatoms. The lowest BCUT2D eigenvalue weighted by Crippen LogP contribution is -2.52. The second kappa shape index (κ2) is 13.8. The van der Waals surface area contributed by atoms with Gasteiger partial charge in [0.1, 0.15) is 17.6 Å². The van der Waals surface area contributed by atoms with E-state index < -0.39 is 6.04 Å². The first-order chi connectivity index (χ1) is 25.7. The van der Waals surface area contributed by atoms with Crippen LogP contribution in [-0.2, 0) is 22.6 Å². The third kappa shape index (κ3) is 6.36. The van der Waals surface area contributed by atoms with Crippen LogP contribution in [0.4, 0.5) is 15.8 Å². The predicted molar refractivity (Wildman–Crippen MR) is 202 cm³/mol. The molecule has 278 valence electrons. The molecule has 1 spiro atoms. The molecule has 2 aliphatic carbocycles. The van der Waals surface area contributed by atoms with Gasteiger partial charge < -0.3 is 19.8 Å². The lowest BCUT2D eigenvalue weighted by molar-refractivity contribution is -0.136. The van der Waals surface area contributed by atoms with Gasteiger partial charge in [0.05, 0.1) is 5.69 Å². The molecule has 0 radical (unpaired) electrons. The fourth-order valence-electron chi connectivity index (χ4n) is 10.7. The molecule has 1 saturated carbocycles. The number of imide groups is 1. The molecule has 9 nitrogen and oxygen atoms in total. The van der Waals surface area contributed by atoms with Crippen LogP contribution in [0.25, 0.3) is 0 Å². The summed E-state index contributed by atoms with van der Waals surface area (Å²) in [4.78, 5) is 46.0. The molecule has 53 heavy (non-hydrogen) atoms. The van der Waals surface area contributed by atoms with E-state index in [4.69, 9.17) is 0 Å².